The van der Waals surface area contributed by atoms with Crippen molar-refractivity contribution in [1.29, 1.82) is 0 Å². The van der Waals surface area contributed by atoms with Gasteiger partial charge in [0.15, 0.2) is 11.5 Å². The zero-order chi connectivity index (χ0) is 12.8. The Morgan fingerprint density at radius 1 is 1.35 bits per heavy atom. The summed E-state index contributed by atoms with van der Waals surface area (Å²) < 4.78 is 16.0. The van der Waals surface area contributed by atoms with Crippen molar-refractivity contribution in [2.24, 2.45) is 0 Å². The molecule has 0 aliphatic carbocycles. The lowest BCUT2D eigenvalue weighted by atomic mass is 10.2. The van der Waals surface area contributed by atoms with E-state index >= 15 is 0 Å². The molecule has 5 heteroatoms. The van der Waals surface area contributed by atoms with Crippen LogP contribution in [0.2, 0.25) is 5.02 Å². The summed E-state index contributed by atoms with van der Waals surface area (Å²) in [5.41, 5.74) is 1.04. The van der Waals surface area contributed by atoms with Gasteiger partial charge in [-0.2, -0.15) is 0 Å². The van der Waals surface area contributed by atoms with Crippen LogP contribution in [0.25, 0.3) is 0 Å². The van der Waals surface area contributed by atoms with Crippen LogP contribution in [-0.4, -0.2) is 26.9 Å². The monoisotopic (exact) mass is 322 g/mol. The molecule has 1 aromatic rings. The topological polar surface area (TPSA) is 27.7 Å². The number of hydrogen-bond acceptors (Lipinski definition) is 3. The average Bonchev–Trinajstić information content (AvgIpc) is 2.31. The molecule has 0 spiro atoms. The molecule has 0 radical (unpaired) electrons. The minimum Gasteiger partial charge on any atom is -0.493 e. The van der Waals surface area contributed by atoms with Gasteiger partial charge in [-0.05, 0) is 24.6 Å². The van der Waals surface area contributed by atoms with Gasteiger partial charge >= 0.3 is 0 Å². The van der Waals surface area contributed by atoms with E-state index in [1.807, 2.05) is 19.1 Å². The number of halogens is 2. The highest BCUT2D eigenvalue weighted by Crippen LogP contribution is 2.37. The number of rotatable bonds is 6. The molecule has 0 aromatic heterocycles. The van der Waals surface area contributed by atoms with E-state index in [0.717, 1.165) is 10.9 Å². The van der Waals surface area contributed by atoms with Crippen molar-refractivity contribution in [1.82, 2.24) is 0 Å². The van der Waals surface area contributed by atoms with Gasteiger partial charge in [0.1, 0.15) is 6.10 Å². The number of ether oxygens (including phenoxy) is 3. The van der Waals surface area contributed by atoms with Crippen LogP contribution in [0.5, 0.6) is 11.5 Å². The molecule has 1 aromatic carbocycles. The number of alkyl halides is 1. The number of methoxy groups -OCH3 is 2. The van der Waals surface area contributed by atoms with E-state index in [0.29, 0.717) is 23.1 Å². The van der Waals surface area contributed by atoms with Crippen LogP contribution in [-0.2, 0) is 10.1 Å². The molecular formula is C12H16BrClO3. The van der Waals surface area contributed by atoms with Crippen molar-refractivity contribution in [3.05, 3.63) is 22.7 Å². The van der Waals surface area contributed by atoms with E-state index in [9.17, 15) is 0 Å². The normalized spacial score (nSPS) is 12.3. The van der Waals surface area contributed by atoms with E-state index in [2.05, 4.69) is 15.9 Å². The van der Waals surface area contributed by atoms with Crippen LogP contribution in [0.3, 0.4) is 0 Å². The first kappa shape index (κ1) is 14.6. The smallest absolute Gasteiger partial charge is 0.180 e. The number of benzene rings is 1. The van der Waals surface area contributed by atoms with E-state index in [1.54, 1.807) is 14.2 Å². The Morgan fingerprint density at radius 2 is 2.06 bits per heavy atom. The van der Waals surface area contributed by atoms with Gasteiger partial charge in [0, 0.05) is 12.4 Å². The maximum absolute atomic E-state index is 6.17. The molecule has 0 heterocycles. The van der Waals surface area contributed by atoms with Gasteiger partial charge in [-0.1, -0.05) is 27.5 Å². The highest BCUT2D eigenvalue weighted by atomic mass is 79.9. The lowest BCUT2D eigenvalue weighted by molar-refractivity contribution is 0.0900. The van der Waals surface area contributed by atoms with Crippen LogP contribution in [0.4, 0.5) is 0 Å². The standard InChI is InChI=1S/C12H16BrClO3/c1-8(7-15-2)17-12-10(14)4-9(6-13)5-11(12)16-3/h4-5,8H,6-7H2,1-3H3. The molecule has 17 heavy (non-hydrogen) atoms. The molecular weight excluding hydrogens is 307 g/mol. The van der Waals surface area contributed by atoms with Crippen LogP contribution in [0.1, 0.15) is 12.5 Å². The summed E-state index contributed by atoms with van der Waals surface area (Å²) in [6.45, 7) is 2.41. The van der Waals surface area contributed by atoms with Crippen molar-refractivity contribution in [3.63, 3.8) is 0 Å². The highest BCUT2D eigenvalue weighted by molar-refractivity contribution is 9.08. The molecule has 0 saturated heterocycles. The number of hydrogen-bond donors (Lipinski definition) is 0. The summed E-state index contributed by atoms with van der Waals surface area (Å²) in [5, 5.41) is 1.26. The zero-order valence-corrected chi connectivity index (χ0v) is 12.5. The minimum absolute atomic E-state index is 0.0822. The first-order valence-electron chi connectivity index (χ1n) is 5.20. The second-order valence-corrected chi connectivity index (χ2v) is 4.59. The van der Waals surface area contributed by atoms with Crippen LogP contribution < -0.4 is 9.47 Å². The fourth-order valence-electron chi connectivity index (χ4n) is 1.43. The Balaban J connectivity index is 2.97. The molecule has 0 bridgehead atoms. The SMILES string of the molecule is COCC(C)Oc1c(Cl)cc(CBr)cc1OC. The molecule has 0 fully saturated rings. The fraction of sp³-hybridized carbons (Fsp3) is 0.500. The lowest BCUT2D eigenvalue weighted by Gasteiger charge is -2.18. The fourth-order valence-corrected chi connectivity index (χ4v) is 2.04. The lowest BCUT2D eigenvalue weighted by Crippen LogP contribution is -2.18. The molecule has 1 atom stereocenters. The third-order valence-corrected chi connectivity index (χ3v) is 3.09. The molecule has 1 rings (SSSR count). The maximum Gasteiger partial charge on any atom is 0.180 e. The van der Waals surface area contributed by atoms with Gasteiger partial charge < -0.3 is 14.2 Å². The molecule has 0 amide bonds. The molecule has 0 N–H and O–H groups in total. The predicted octanol–water partition coefficient (Wildman–Crippen LogP) is 3.66. The Bertz CT molecular complexity index is 371. The van der Waals surface area contributed by atoms with Gasteiger partial charge in [-0.3, -0.25) is 0 Å². The van der Waals surface area contributed by atoms with E-state index in [1.165, 1.54) is 0 Å². The molecule has 0 aliphatic rings. The second kappa shape index (κ2) is 7.09. The first-order valence-corrected chi connectivity index (χ1v) is 6.70. The van der Waals surface area contributed by atoms with Crippen molar-refractivity contribution >= 4 is 27.5 Å². The maximum atomic E-state index is 6.17. The van der Waals surface area contributed by atoms with Gasteiger partial charge in [-0.15, -0.1) is 0 Å². The van der Waals surface area contributed by atoms with E-state index < -0.39 is 0 Å². The van der Waals surface area contributed by atoms with E-state index in [-0.39, 0.29) is 6.10 Å². The van der Waals surface area contributed by atoms with Crippen LogP contribution >= 0.6 is 27.5 Å². The third-order valence-electron chi connectivity index (χ3n) is 2.16. The Kier molecular flexibility index (Phi) is 6.09. The van der Waals surface area contributed by atoms with Gasteiger partial charge in [0.2, 0.25) is 0 Å². The van der Waals surface area contributed by atoms with Crippen LogP contribution in [0.15, 0.2) is 12.1 Å². The largest absolute Gasteiger partial charge is 0.493 e. The minimum atomic E-state index is -0.0822. The summed E-state index contributed by atoms with van der Waals surface area (Å²) in [6.07, 6.45) is -0.0822. The molecule has 96 valence electrons. The molecule has 3 nitrogen and oxygen atoms in total. The summed E-state index contributed by atoms with van der Waals surface area (Å²) in [4.78, 5) is 0. The van der Waals surface area contributed by atoms with Crippen molar-refractivity contribution < 1.29 is 14.2 Å². The van der Waals surface area contributed by atoms with Crippen molar-refractivity contribution in [2.75, 3.05) is 20.8 Å². The summed E-state index contributed by atoms with van der Waals surface area (Å²) in [6, 6.07) is 3.75. The Morgan fingerprint density at radius 3 is 2.59 bits per heavy atom. The van der Waals surface area contributed by atoms with Gasteiger partial charge in [0.05, 0.1) is 18.7 Å². The predicted molar refractivity (Wildman–Crippen MR) is 72.6 cm³/mol. The first-order chi connectivity index (χ1) is 8.12. The molecule has 0 saturated carbocycles. The average molecular weight is 324 g/mol. The van der Waals surface area contributed by atoms with Crippen molar-refractivity contribution in [3.8, 4) is 11.5 Å². The molecule has 0 aliphatic heterocycles. The second-order valence-electron chi connectivity index (χ2n) is 3.63. The van der Waals surface area contributed by atoms with Crippen LogP contribution in [0, 0.1) is 0 Å². The van der Waals surface area contributed by atoms with E-state index in [4.69, 9.17) is 25.8 Å². The zero-order valence-electron chi connectivity index (χ0n) is 10.1. The quantitative estimate of drug-likeness (QED) is 0.748. The summed E-state index contributed by atoms with van der Waals surface area (Å²) in [7, 11) is 3.23. The highest BCUT2D eigenvalue weighted by Gasteiger charge is 2.14. The Labute approximate surface area is 115 Å². The van der Waals surface area contributed by atoms with Gasteiger partial charge in [-0.25, -0.2) is 0 Å². The molecule has 1 unspecified atom stereocenters. The van der Waals surface area contributed by atoms with Gasteiger partial charge in [0.25, 0.3) is 0 Å². The third kappa shape index (κ3) is 4.05. The van der Waals surface area contributed by atoms with Crippen molar-refractivity contribution in [2.45, 2.75) is 18.4 Å². The summed E-state index contributed by atoms with van der Waals surface area (Å²) >= 11 is 9.55. The Hall–Kier alpha value is -0.450. The summed E-state index contributed by atoms with van der Waals surface area (Å²) in [5.74, 6) is 1.19.